The maximum absolute atomic E-state index is 13.6. The van der Waals surface area contributed by atoms with E-state index in [9.17, 15) is 18.4 Å². The molecule has 0 aliphatic carbocycles. The van der Waals surface area contributed by atoms with Crippen LogP contribution < -0.4 is 0 Å². The third kappa shape index (κ3) is 2.64. The van der Waals surface area contributed by atoms with Crippen LogP contribution in [0.3, 0.4) is 0 Å². The molecule has 1 fully saturated rings. The molecule has 1 aliphatic heterocycles. The average molecular weight is 267 g/mol. The normalized spacial score (nSPS) is 18.5. The largest absolute Gasteiger partial charge is 0.326 e. The summed E-state index contributed by atoms with van der Waals surface area (Å²) in [5, 5.41) is 0. The van der Waals surface area contributed by atoms with Gasteiger partial charge >= 0.3 is 0 Å². The fourth-order valence-electron chi connectivity index (χ4n) is 2.20. The molecule has 0 unspecified atom stereocenters. The van der Waals surface area contributed by atoms with E-state index in [2.05, 4.69) is 0 Å². The Bertz CT molecular complexity index is 540. The molecule has 0 radical (unpaired) electrons. The summed E-state index contributed by atoms with van der Waals surface area (Å²) in [6.07, 6.45) is 0.928. The molecule has 0 atom stereocenters. The van der Waals surface area contributed by atoms with Crippen LogP contribution in [0.2, 0.25) is 0 Å². The third-order valence-electron chi connectivity index (χ3n) is 3.48. The lowest BCUT2D eigenvalue weighted by Crippen LogP contribution is -2.53. The van der Waals surface area contributed by atoms with E-state index in [0.29, 0.717) is 12.8 Å². The van der Waals surface area contributed by atoms with E-state index in [0.717, 1.165) is 18.2 Å². The number of halogens is 2. The van der Waals surface area contributed by atoms with Crippen molar-refractivity contribution in [3.05, 3.63) is 35.4 Å². The fraction of sp³-hybridized carbons (Fsp3) is 0.429. The fourth-order valence-corrected chi connectivity index (χ4v) is 2.20. The number of Topliss-reactive ketones (excluding diaryl/α,β-unsaturated/α-hetero) is 1. The van der Waals surface area contributed by atoms with E-state index in [1.54, 1.807) is 0 Å². The minimum absolute atomic E-state index is 0.0538. The zero-order chi connectivity index (χ0) is 14.2. The van der Waals surface area contributed by atoms with Crippen molar-refractivity contribution >= 4 is 11.7 Å². The SMILES string of the molecule is CC1(C)CCC(=O)CN1C(=O)c1cc(F)ccc1F. The number of benzene rings is 1. The minimum Gasteiger partial charge on any atom is -0.326 e. The van der Waals surface area contributed by atoms with Crippen molar-refractivity contribution in [1.29, 1.82) is 0 Å². The monoisotopic (exact) mass is 267 g/mol. The van der Waals surface area contributed by atoms with Crippen LogP contribution in [-0.2, 0) is 4.79 Å². The number of piperidine rings is 1. The van der Waals surface area contributed by atoms with Crippen LogP contribution in [0.25, 0.3) is 0 Å². The molecule has 0 bridgehead atoms. The Morgan fingerprint density at radius 3 is 2.68 bits per heavy atom. The molecule has 0 spiro atoms. The molecule has 1 heterocycles. The van der Waals surface area contributed by atoms with Crippen LogP contribution in [0.5, 0.6) is 0 Å². The van der Waals surface area contributed by atoms with Crippen molar-refractivity contribution in [3.63, 3.8) is 0 Å². The summed E-state index contributed by atoms with van der Waals surface area (Å²) < 4.78 is 26.8. The first-order valence-electron chi connectivity index (χ1n) is 6.10. The molecule has 0 N–H and O–H groups in total. The van der Waals surface area contributed by atoms with Gasteiger partial charge in [-0.25, -0.2) is 8.78 Å². The number of carbonyl (C=O) groups excluding carboxylic acids is 2. The lowest BCUT2D eigenvalue weighted by atomic mass is 9.89. The molecule has 1 aliphatic rings. The Kier molecular flexibility index (Phi) is 3.39. The van der Waals surface area contributed by atoms with E-state index in [1.807, 2.05) is 13.8 Å². The molecule has 1 saturated heterocycles. The molecule has 2 rings (SSSR count). The van der Waals surface area contributed by atoms with Crippen LogP contribution in [0.1, 0.15) is 37.0 Å². The summed E-state index contributed by atoms with van der Waals surface area (Å²) in [5.41, 5.74) is -0.869. The number of rotatable bonds is 1. The number of hydrogen-bond donors (Lipinski definition) is 0. The number of likely N-dealkylation sites (tertiary alicyclic amines) is 1. The first kappa shape index (κ1) is 13.6. The molecule has 3 nitrogen and oxygen atoms in total. The highest BCUT2D eigenvalue weighted by Gasteiger charge is 2.37. The highest BCUT2D eigenvalue weighted by molar-refractivity contribution is 5.98. The van der Waals surface area contributed by atoms with Gasteiger partial charge in [0.05, 0.1) is 12.1 Å². The predicted octanol–water partition coefficient (Wildman–Crippen LogP) is 2.55. The predicted molar refractivity (Wildman–Crippen MR) is 65.7 cm³/mol. The van der Waals surface area contributed by atoms with Crippen molar-refractivity contribution in [2.45, 2.75) is 32.2 Å². The van der Waals surface area contributed by atoms with Gasteiger partial charge in [-0.2, -0.15) is 0 Å². The van der Waals surface area contributed by atoms with Crippen molar-refractivity contribution in [2.24, 2.45) is 0 Å². The Labute approximate surface area is 110 Å². The van der Waals surface area contributed by atoms with Crippen molar-refractivity contribution < 1.29 is 18.4 Å². The standard InChI is InChI=1S/C14H15F2NO2/c1-14(2)6-5-10(18)8-17(14)13(19)11-7-9(15)3-4-12(11)16/h3-4,7H,5-6,8H2,1-2H3. The molecular formula is C14H15F2NO2. The Balaban J connectivity index is 2.37. The van der Waals surface area contributed by atoms with Gasteiger partial charge in [0.25, 0.3) is 5.91 Å². The maximum atomic E-state index is 13.6. The second kappa shape index (κ2) is 4.72. The van der Waals surface area contributed by atoms with Crippen molar-refractivity contribution in [3.8, 4) is 0 Å². The summed E-state index contributed by atoms with van der Waals surface area (Å²) in [6, 6.07) is 2.74. The third-order valence-corrected chi connectivity index (χ3v) is 3.48. The van der Waals surface area contributed by atoms with Crippen LogP contribution in [0, 0.1) is 11.6 Å². The molecule has 1 amide bonds. The summed E-state index contributed by atoms with van der Waals surface area (Å²) in [6.45, 7) is 3.57. The molecule has 102 valence electrons. The van der Waals surface area contributed by atoms with E-state index in [1.165, 1.54) is 4.90 Å². The van der Waals surface area contributed by atoms with Crippen LogP contribution in [-0.4, -0.2) is 28.7 Å². The zero-order valence-corrected chi connectivity index (χ0v) is 10.9. The summed E-state index contributed by atoms with van der Waals surface area (Å²) >= 11 is 0. The summed E-state index contributed by atoms with van der Waals surface area (Å²) in [4.78, 5) is 25.1. The van der Waals surface area contributed by atoms with Gasteiger partial charge in [0.2, 0.25) is 0 Å². The number of ketones is 1. The van der Waals surface area contributed by atoms with Gasteiger partial charge in [-0.15, -0.1) is 0 Å². The molecule has 1 aromatic rings. The van der Waals surface area contributed by atoms with Gasteiger partial charge in [-0.3, -0.25) is 9.59 Å². The van der Waals surface area contributed by atoms with Gasteiger partial charge in [0.1, 0.15) is 11.6 Å². The second-order valence-corrected chi connectivity index (χ2v) is 5.37. The first-order valence-corrected chi connectivity index (χ1v) is 6.10. The van der Waals surface area contributed by atoms with E-state index in [4.69, 9.17) is 0 Å². The van der Waals surface area contributed by atoms with Crippen molar-refractivity contribution in [1.82, 2.24) is 4.90 Å². The van der Waals surface area contributed by atoms with Crippen molar-refractivity contribution in [2.75, 3.05) is 6.54 Å². The van der Waals surface area contributed by atoms with Gasteiger partial charge in [0.15, 0.2) is 5.78 Å². The van der Waals surface area contributed by atoms with Gasteiger partial charge in [-0.05, 0) is 38.5 Å². The van der Waals surface area contributed by atoms with Crippen LogP contribution >= 0.6 is 0 Å². The summed E-state index contributed by atoms with van der Waals surface area (Å²) in [7, 11) is 0. The lowest BCUT2D eigenvalue weighted by molar-refractivity contribution is -0.124. The Morgan fingerprint density at radius 1 is 1.32 bits per heavy atom. The van der Waals surface area contributed by atoms with E-state index in [-0.39, 0.29) is 17.9 Å². The van der Waals surface area contributed by atoms with E-state index < -0.39 is 23.1 Å². The molecule has 19 heavy (non-hydrogen) atoms. The molecular weight excluding hydrogens is 252 g/mol. The Morgan fingerprint density at radius 2 is 2.00 bits per heavy atom. The quantitative estimate of drug-likeness (QED) is 0.784. The molecule has 0 saturated carbocycles. The lowest BCUT2D eigenvalue weighted by Gasteiger charge is -2.41. The molecule has 1 aromatic carbocycles. The highest BCUT2D eigenvalue weighted by atomic mass is 19.1. The molecule has 0 aromatic heterocycles. The van der Waals surface area contributed by atoms with Crippen LogP contribution in [0.4, 0.5) is 8.78 Å². The van der Waals surface area contributed by atoms with Gasteiger partial charge < -0.3 is 4.90 Å². The zero-order valence-electron chi connectivity index (χ0n) is 10.9. The number of amides is 1. The van der Waals surface area contributed by atoms with E-state index >= 15 is 0 Å². The second-order valence-electron chi connectivity index (χ2n) is 5.37. The number of nitrogens with zero attached hydrogens (tertiary/aromatic N) is 1. The smallest absolute Gasteiger partial charge is 0.257 e. The van der Waals surface area contributed by atoms with Crippen LogP contribution in [0.15, 0.2) is 18.2 Å². The first-order chi connectivity index (χ1) is 8.81. The summed E-state index contributed by atoms with van der Waals surface area (Å²) in [5.74, 6) is -2.16. The number of hydrogen-bond acceptors (Lipinski definition) is 2. The highest BCUT2D eigenvalue weighted by Crippen LogP contribution is 2.28. The van der Waals surface area contributed by atoms with Gasteiger partial charge in [0, 0.05) is 12.0 Å². The maximum Gasteiger partial charge on any atom is 0.257 e. The molecule has 5 heteroatoms. The minimum atomic E-state index is -0.778. The number of carbonyl (C=O) groups is 2. The topological polar surface area (TPSA) is 37.4 Å². The Hall–Kier alpha value is -1.78. The van der Waals surface area contributed by atoms with Gasteiger partial charge in [-0.1, -0.05) is 0 Å². The average Bonchev–Trinajstić information content (AvgIpc) is 2.34.